The minimum Gasteiger partial charge on any atom is -0.392 e. The highest BCUT2D eigenvalue weighted by Gasteiger charge is 2.55. The molecular weight excluding hydrogens is 300 g/mol. The van der Waals surface area contributed by atoms with E-state index in [1.165, 1.54) is 6.54 Å². The van der Waals surface area contributed by atoms with Gasteiger partial charge in [-0.15, -0.1) is 0 Å². The Hall–Kier alpha value is -1.01. The maximum atomic E-state index is 10.2. The van der Waals surface area contributed by atoms with Crippen molar-refractivity contribution in [3.8, 4) is 0 Å². The van der Waals surface area contributed by atoms with Gasteiger partial charge in [-0.1, -0.05) is 19.9 Å². The van der Waals surface area contributed by atoms with Gasteiger partial charge in [-0.3, -0.25) is 19.7 Å². The average molecular weight is 330 g/mol. The summed E-state index contributed by atoms with van der Waals surface area (Å²) >= 11 is 0. The van der Waals surface area contributed by atoms with Crippen molar-refractivity contribution in [3.05, 3.63) is 30.1 Å². The van der Waals surface area contributed by atoms with Crippen molar-refractivity contribution in [1.82, 2.24) is 19.7 Å². The average Bonchev–Trinajstić information content (AvgIpc) is 2.87. The van der Waals surface area contributed by atoms with Crippen LogP contribution in [-0.4, -0.2) is 81.7 Å². The third-order valence-corrected chi connectivity index (χ3v) is 5.76. The highest BCUT2D eigenvalue weighted by atomic mass is 16.3. The summed E-state index contributed by atoms with van der Waals surface area (Å²) in [5, 5.41) is 10.2. The molecule has 0 aromatic carbocycles. The maximum Gasteiger partial charge on any atom is 0.0682 e. The van der Waals surface area contributed by atoms with Gasteiger partial charge in [0.15, 0.2) is 0 Å². The fraction of sp³-hybridized carbons (Fsp3) is 0.737. The van der Waals surface area contributed by atoms with Crippen molar-refractivity contribution in [3.63, 3.8) is 0 Å². The van der Waals surface area contributed by atoms with Crippen LogP contribution in [-0.2, 0) is 6.54 Å². The largest absolute Gasteiger partial charge is 0.392 e. The molecule has 0 bridgehead atoms. The lowest BCUT2D eigenvalue weighted by Crippen LogP contribution is -2.77. The zero-order valence-corrected chi connectivity index (χ0v) is 14.9. The predicted molar refractivity (Wildman–Crippen MR) is 94.6 cm³/mol. The molecule has 132 valence electrons. The molecule has 3 fully saturated rings. The number of aliphatic hydroxyl groups excluding tert-OH is 1. The third-order valence-electron chi connectivity index (χ3n) is 5.76. The molecule has 3 aliphatic rings. The second-order valence-corrected chi connectivity index (χ2v) is 8.47. The van der Waals surface area contributed by atoms with Crippen LogP contribution in [0.2, 0.25) is 0 Å². The van der Waals surface area contributed by atoms with Crippen LogP contribution in [0.25, 0.3) is 0 Å². The van der Waals surface area contributed by atoms with E-state index >= 15 is 0 Å². The van der Waals surface area contributed by atoms with Crippen LogP contribution < -0.4 is 0 Å². The number of piperazine rings is 1. The third kappa shape index (κ3) is 3.10. The standard InChI is InChI=1S/C19H30N4O/c1-15(2)8-21-10-17-7-18(24)11-23(17)19(12-21)13-22(14-19)9-16-5-3-4-6-20-16/h3-6,15,17-18,24H,7-14H2,1-2H3/t17-,18-/m1/s1. The van der Waals surface area contributed by atoms with E-state index in [1.54, 1.807) is 0 Å². The Morgan fingerprint density at radius 3 is 2.71 bits per heavy atom. The Bertz CT molecular complexity index is 558. The monoisotopic (exact) mass is 330 g/mol. The fourth-order valence-electron chi connectivity index (χ4n) is 5.07. The van der Waals surface area contributed by atoms with E-state index in [4.69, 9.17) is 0 Å². The molecule has 2 atom stereocenters. The van der Waals surface area contributed by atoms with Crippen molar-refractivity contribution >= 4 is 0 Å². The predicted octanol–water partition coefficient (Wildman–Crippen LogP) is 1.04. The minimum absolute atomic E-state index is 0.143. The second kappa shape index (κ2) is 6.37. The summed E-state index contributed by atoms with van der Waals surface area (Å²) in [5.74, 6) is 0.699. The molecule has 1 spiro atoms. The summed E-state index contributed by atoms with van der Waals surface area (Å²) in [6.07, 6.45) is 2.68. The van der Waals surface area contributed by atoms with E-state index in [0.717, 1.165) is 51.4 Å². The normalized spacial score (nSPS) is 30.7. The SMILES string of the molecule is CC(C)CN1C[C@H]2C[C@@H](O)CN2C2(C1)CN(Cc1ccccn1)C2. The summed E-state index contributed by atoms with van der Waals surface area (Å²) in [7, 11) is 0. The molecule has 4 rings (SSSR count). The fourth-order valence-corrected chi connectivity index (χ4v) is 5.07. The molecule has 0 unspecified atom stereocenters. The van der Waals surface area contributed by atoms with Gasteiger partial charge in [-0.25, -0.2) is 0 Å². The van der Waals surface area contributed by atoms with E-state index in [0.29, 0.717) is 12.0 Å². The van der Waals surface area contributed by atoms with Crippen molar-refractivity contribution < 1.29 is 5.11 Å². The Balaban J connectivity index is 1.44. The first kappa shape index (κ1) is 16.5. The first-order valence-electron chi connectivity index (χ1n) is 9.33. The molecule has 0 aliphatic carbocycles. The van der Waals surface area contributed by atoms with E-state index in [2.05, 4.69) is 45.7 Å². The second-order valence-electron chi connectivity index (χ2n) is 8.47. The molecule has 5 nitrogen and oxygen atoms in total. The molecule has 1 aromatic rings. The number of rotatable bonds is 4. The lowest BCUT2D eigenvalue weighted by Gasteiger charge is -2.61. The molecule has 5 heteroatoms. The highest BCUT2D eigenvalue weighted by Crippen LogP contribution is 2.39. The molecule has 3 saturated heterocycles. The van der Waals surface area contributed by atoms with Gasteiger partial charge in [0.1, 0.15) is 0 Å². The van der Waals surface area contributed by atoms with E-state index in [-0.39, 0.29) is 11.6 Å². The highest BCUT2D eigenvalue weighted by molar-refractivity contribution is 5.14. The van der Waals surface area contributed by atoms with Gasteiger partial charge in [0.25, 0.3) is 0 Å². The number of β-amino-alcohol motifs (C(OH)–C–C–N with tert-alkyl or cyclic N) is 1. The number of hydrogen-bond acceptors (Lipinski definition) is 5. The first-order valence-corrected chi connectivity index (χ1v) is 9.33. The topological polar surface area (TPSA) is 42.8 Å². The molecule has 3 aliphatic heterocycles. The van der Waals surface area contributed by atoms with E-state index in [1.807, 2.05) is 12.3 Å². The van der Waals surface area contributed by atoms with Crippen molar-refractivity contribution in [2.45, 2.75) is 44.5 Å². The number of hydrogen-bond donors (Lipinski definition) is 1. The quantitative estimate of drug-likeness (QED) is 0.894. The summed E-state index contributed by atoms with van der Waals surface area (Å²) in [6.45, 7) is 12.0. The zero-order chi connectivity index (χ0) is 16.7. The summed E-state index contributed by atoms with van der Waals surface area (Å²) < 4.78 is 0. The number of nitrogens with zero attached hydrogens (tertiary/aromatic N) is 4. The van der Waals surface area contributed by atoms with Gasteiger partial charge in [-0.2, -0.15) is 0 Å². The van der Waals surface area contributed by atoms with Crippen LogP contribution in [0.5, 0.6) is 0 Å². The maximum absolute atomic E-state index is 10.2. The summed E-state index contributed by atoms with van der Waals surface area (Å²) in [4.78, 5) is 12.2. The summed E-state index contributed by atoms with van der Waals surface area (Å²) in [6, 6.07) is 6.68. The van der Waals surface area contributed by atoms with Gasteiger partial charge in [-0.05, 0) is 24.5 Å². The van der Waals surface area contributed by atoms with Crippen LogP contribution in [0.15, 0.2) is 24.4 Å². The molecule has 0 amide bonds. The Morgan fingerprint density at radius 1 is 1.21 bits per heavy atom. The molecule has 0 saturated carbocycles. The minimum atomic E-state index is -0.143. The van der Waals surface area contributed by atoms with E-state index in [9.17, 15) is 5.11 Å². The van der Waals surface area contributed by atoms with Crippen LogP contribution in [0, 0.1) is 5.92 Å². The van der Waals surface area contributed by atoms with Crippen molar-refractivity contribution in [2.75, 3.05) is 39.3 Å². The molecular formula is C19H30N4O. The molecule has 0 radical (unpaired) electrons. The van der Waals surface area contributed by atoms with E-state index < -0.39 is 0 Å². The molecule has 1 aromatic heterocycles. The van der Waals surface area contributed by atoms with Gasteiger partial charge >= 0.3 is 0 Å². The van der Waals surface area contributed by atoms with Crippen molar-refractivity contribution in [1.29, 1.82) is 0 Å². The van der Waals surface area contributed by atoms with Crippen LogP contribution in [0.1, 0.15) is 26.0 Å². The van der Waals surface area contributed by atoms with Gasteiger partial charge in [0.05, 0.1) is 17.3 Å². The zero-order valence-electron chi connectivity index (χ0n) is 14.9. The number of likely N-dealkylation sites (tertiary alicyclic amines) is 1. The van der Waals surface area contributed by atoms with Crippen molar-refractivity contribution in [2.24, 2.45) is 5.92 Å². The van der Waals surface area contributed by atoms with Crippen LogP contribution >= 0.6 is 0 Å². The smallest absolute Gasteiger partial charge is 0.0682 e. The molecule has 24 heavy (non-hydrogen) atoms. The summed E-state index contributed by atoms with van der Waals surface area (Å²) in [5.41, 5.74) is 1.39. The van der Waals surface area contributed by atoms with Crippen LogP contribution in [0.4, 0.5) is 0 Å². The number of aromatic nitrogens is 1. The first-order chi connectivity index (χ1) is 11.5. The number of fused-ring (bicyclic) bond motifs is 2. The number of aliphatic hydroxyl groups is 1. The Morgan fingerprint density at radius 2 is 2.00 bits per heavy atom. The van der Waals surface area contributed by atoms with Crippen LogP contribution in [0.3, 0.4) is 0 Å². The van der Waals surface area contributed by atoms with Gasteiger partial charge < -0.3 is 5.11 Å². The Labute approximate surface area is 145 Å². The number of pyridine rings is 1. The molecule has 1 N–H and O–H groups in total. The lowest BCUT2D eigenvalue weighted by molar-refractivity contribution is -0.118. The van der Waals surface area contributed by atoms with Gasteiger partial charge in [0, 0.05) is 58.1 Å². The lowest BCUT2D eigenvalue weighted by atomic mass is 9.83. The Kier molecular flexibility index (Phi) is 4.37. The van der Waals surface area contributed by atoms with Gasteiger partial charge in [0.2, 0.25) is 0 Å². The molecule has 4 heterocycles.